The van der Waals surface area contributed by atoms with E-state index in [0.717, 1.165) is 0 Å². The maximum atomic E-state index is 7.02. The standard InChI is InChI=1S/CH5I2P/c1-3-4-2/h3-4H,1H3/i3D,4D. The van der Waals surface area contributed by atoms with Crippen molar-refractivity contribution in [1.82, 2.24) is 0 Å². The predicted octanol–water partition coefficient (Wildman–Crippen LogP) is 2.26. The van der Waals surface area contributed by atoms with Crippen LogP contribution in [0.1, 0.15) is 0 Å². The van der Waals surface area contributed by atoms with E-state index in [-0.39, 0.29) is 0 Å². The van der Waals surface area contributed by atoms with Gasteiger partial charge in [0.05, 0.1) is 0 Å². The molecule has 0 fully saturated rings. The Hall–Kier alpha value is 1.89. The number of hydrogen-bond acceptors (Lipinski definition) is 0. The Bertz CT molecular complexity index is 32.5. The molecular weight excluding hydrogens is 297 g/mol. The predicted molar refractivity (Wildman–Crippen MR) is 43.7 cm³/mol. The summed E-state index contributed by atoms with van der Waals surface area (Å²) in [5, 5.41) is 0. The van der Waals surface area contributed by atoms with E-state index in [4.69, 9.17) is 1.87 Å². The molecule has 0 N–H and O–H groups in total. The molecule has 0 aliphatic heterocycles. The third-order valence-electron chi connectivity index (χ3n) is 0.0639. The molecule has 0 radical (unpaired) electrons. The summed E-state index contributed by atoms with van der Waals surface area (Å²) in [4.78, 5) is 1.90. The van der Waals surface area contributed by atoms with Crippen LogP contribution in [0.3, 0.4) is 0 Å². The Morgan fingerprint density at radius 1 is 2.75 bits per heavy atom. The van der Waals surface area contributed by atoms with Crippen molar-refractivity contribution in [2.45, 2.75) is 0 Å². The number of alkyl halides is 1. The van der Waals surface area contributed by atoms with E-state index >= 15 is 0 Å². The van der Waals surface area contributed by atoms with Gasteiger partial charge in [-0.1, -0.05) is 0 Å². The number of rotatable bonds is 1. The average molecular weight is 304 g/mol. The molecule has 4 heavy (non-hydrogen) atoms. The van der Waals surface area contributed by atoms with E-state index in [1.807, 2.05) is 27.0 Å². The van der Waals surface area contributed by atoms with Gasteiger partial charge < -0.3 is 0 Å². The zero-order chi connectivity index (χ0) is 5.15. The average Bonchev–Trinajstić information content (AvgIpc) is 1.36. The van der Waals surface area contributed by atoms with Crippen LogP contribution >= 0.6 is 46.3 Å². The van der Waals surface area contributed by atoms with Crippen LogP contribution in [-0.4, -0.2) is 6.80 Å². The summed E-state index contributed by atoms with van der Waals surface area (Å²) in [6, 6.07) is 0. The fourth-order valence-corrected chi connectivity index (χ4v) is 0. The van der Waals surface area contributed by atoms with Gasteiger partial charge in [-0.3, -0.25) is 0 Å². The van der Waals surface area contributed by atoms with Crippen LogP contribution < -0.4 is 0 Å². The Kier molecular flexibility index (Phi) is 3.63. The molecule has 1 unspecified atom stereocenters. The van der Waals surface area contributed by atoms with Gasteiger partial charge in [0, 0.05) is 0 Å². The van der Waals surface area contributed by atoms with E-state index in [1.54, 1.807) is 0 Å². The molecule has 0 amide bonds. The van der Waals surface area contributed by atoms with Gasteiger partial charge in [0.2, 0.25) is 0 Å². The third-order valence-corrected chi connectivity index (χ3v) is 8.62. The zero-order valence-electron chi connectivity index (χ0n) is 4.20. The molecule has 0 nitrogen and oxygen atoms in total. The van der Waals surface area contributed by atoms with Crippen molar-refractivity contribution in [3.63, 3.8) is 0 Å². The van der Waals surface area contributed by atoms with E-state index in [1.165, 1.54) is 0 Å². The number of hydrogen-bond donors (Lipinski definition) is 0. The van der Waals surface area contributed by atoms with Crippen molar-refractivity contribution in [3.05, 3.63) is 0 Å². The SMILES string of the molecule is [2H]P(I)I([2H])C. The van der Waals surface area contributed by atoms with E-state index in [0.29, 0.717) is 0 Å². The maximum absolute atomic E-state index is 7.02. The van der Waals surface area contributed by atoms with Gasteiger partial charge in [0.15, 0.2) is 0 Å². The summed E-state index contributed by atoms with van der Waals surface area (Å²) in [6.45, 7) is 0. The first-order valence-electron chi connectivity index (χ1n) is 1.54. The van der Waals surface area contributed by atoms with Crippen LogP contribution in [-0.2, 0) is 0 Å². The minimum absolute atomic E-state index is 0.616. The molecule has 0 bridgehead atoms. The van der Waals surface area contributed by atoms with Gasteiger partial charge in [0.25, 0.3) is 0 Å². The number of halogens is 2. The van der Waals surface area contributed by atoms with Crippen molar-refractivity contribution in [1.29, 1.82) is 1.87 Å². The summed E-state index contributed by atoms with van der Waals surface area (Å²) in [7, 11) is 0. The fraction of sp³-hybridized carbons (Fsp3) is 1.00. The Balaban J connectivity index is 2.99. The summed E-state index contributed by atoms with van der Waals surface area (Å²) >= 11 is 0.630. The Morgan fingerprint density at radius 3 is 3.00 bits per heavy atom. The van der Waals surface area contributed by atoms with Crippen molar-refractivity contribution in [2.24, 2.45) is 0 Å². The molecule has 0 saturated carbocycles. The summed E-state index contributed by atoms with van der Waals surface area (Å²) in [6.07, 6.45) is 0. The Labute approximate surface area is 52.7 Å². The molecule has 0 aliphatic rings. The van der Waals surface area contributed by atoms with E-state index in [2.05, 4.69) is 0 Å². The second-order valence-electron chi connectivity index (χ2n) is 0.233. The van der Waals surface area contributed by atoms with Gasteiger partial charge >= 0.3 is 53.1 Å². The minimum atomic E-state index is -1.42. The van der Waals surface area contributed by atoms with Crippen LogP contribution in [0.5, 0.6) is 0 Å². The third kappa shape index (κ3) is 3.89. The quantitative estimate of drug-likeness (QED) is 0.396. The van der Waals surface area contributed by atoms with Crippen molar-refractivity contribution in [2.75, 3.05) is 4.93 Å². The van der Waals surface area contributed by atoms with Crippen LogP contribution in [0.2, 0.25) is 0 Å². The van der Waals surface area contributed by atoms with Gasteiger partial charge in [-0.2, -0.15) is 0 Å². The first-order valence-corrected chi connectivity index (χ1v) is 9.34. The van der Waals surface area contributed by atoms with Crippen molar-refractivity contribution >= 4 is 46.3 Å². The van der Waals surface area contributed by atoms with Crippen LogP contribution in [0.4, 0.5) is 0 Å². The molecule has 0 heterocycles. The van der Waals surface area contributed by atoms with Crippen molar-refractivity contribution in [3.8, 4) is 0 Å². The van der Waals surface area contributed by atoms with Gasteiger partial charge in [-0.25, -0.2) is 0 Å². The molecule has 0 spiro atoms. The summed E-state index contributed by atoms with van der Waals surface area (Å²) in [5.74, 6) is 0. The van der Waals surface area contributed by atoms with Gasteiger partial charge in [0.1, 0.15) is 0 Å². The monoisotopic (exact) mass is 304 g/mol. The second-order valence-corrected chi connectivity index (χ2v) is 12.0. The molecular formula is CH5I2P. The van der Waals surface area contributed by atoms with Crippen LogP contribution in [0.15, 0.2) is 0 Å². The molecule has 28 valence electrons. The molecule has 1 atom stereocenters. The zero-order valence-corrected chi connectivity index (χ0v) is 7.41. The summed E-state index contributed by atoms with van der Waals surface area (Å²) in [5.41, 5.74) is 0. The first kappa shape index (κ1) is 2.97. The Morgan fingerprint density at radius 2 is 3.00 bits per heavy atom. The normalized spacial score (nSPS) is 26.0. The topological polar surface area (TPSA) is 0 Å². The molecule has 0 saturated heterocycles. The van der Waals surface area contributed by atoms with E-state index < -0.39 is 24.3 Å². The first-order chi connectivity index (χ1) is 2.64. The summed E-state index contributed by atoms with van der Waals surface area (Å²) < 4.78 is 13.4. The molecule has 0 rings (SSSR count). The molecule has 0 aromatic rings. The van der Waals surface area contributed by atoms with Crippen LogP contribution in [0.25, 0.3) is 0 Å². The molecule has 3 heteroatoms. The molecule has 0 aromatic carbocycles. The van der Waals surface area contributed by atoms with Crippen molar-refractivity contribution < 1.29 is 0 Å². The molecule has 0 aromatic heterocycles. The van der Waals surface area contributed by atoms with E-state index in [9.17, 15) is 0 Å². The second kappa shape index (κ2) is 4.89. The fourth-order valence-electron chi connectivity index (χ4n) is 0. The van der Waals surface area contributed by atoms with Crippen LogP contribution in [0, 0.1) is 0 Å². The van der Waals surface area contributed by atoms with Gasteiger partial charge in [-0.15, -0.1) is 0 Å². The molecule has 0 aliphatic carbocycles. The van der Waals surface area contributed by atoms with Gasteiger partial charge in [-0.05, 0) is 0 Å².